The normalized spacial score (nSPS) is 10.4. The molecule has 0 radical (unpaired) electrons. The summed E-state index contributed by atoms with van der Waals surface area (Å²) in [5.74, 6) is 1.28. The molecule has 0 saturated heterocycles. The fourth-order valence-electron chi connectivity index (χ4n) is 1.87. The van der Waals surface area contributed by atoms with Crippen molar-refractivity contribution in [2.24, 2.45) is 7.05 Å². The smallest absolute Gasteiger partial charge is 0.251 e. The molecule has 112 valence electrons. The summed E-state index contributed by atoms with van der Waals surface area (Å²) in [6, 6.07) is 3.53. The van der Waals surface area contributed by atoms with Crippen LogP contribution in [0.4, 0.5) is 5.82 Å². The molecule has 7 nitrogen and oxygen atoms in total. The van der Waals surface area contributed by atoms with Crippen LogP contribution in [0.1, 0.15) is 35.2 Å². The third kappa shape index (κ3) is 4.01. The standard InChI is InChI=1S/C14H20N6O/c1-4-5-15-12-7-11(6-10(2)18-12)14(21)16-8-13-19-17-9-20(13)3/h6-7,9H,4-5,8H2,1-3H3,(H,15,18)(H,16,21). The van der Waals surface area contributed by atoms with Crippen molar-refractivity contribution in [1.29, 1.82) is 0 Å². The number of aryl methyl sites for hydroxylation is 2. The molecule has 0 atom stereocenters. The van der Waals surface area contributed by atoms with Crippen molar-refractivity contribution >= 4 is 11.7 Å². The summed E-state index contributed by atoms with van der Waals surface area (Å²) >= 11 is 0. The second kappa shape index (κ2) is 6.83. The van der Waals surface area contributed by atoms with Crippen molar-refractivity contribution in [2.45, 2.75) is 26.8 Å². The van der Waals surface area contributed by atoms with E-state index in [1.807, 2.05) is 14.0 Å². The Bertz CT molecular complexity index is 622. The monoisotopic (exact) mass is 288 g/mol. The zero-order valence-electron chi connectivity index (χ0n) is 12.6. The maximum Gasteiger partial charge on any atom is 0.251 e. The number of carbonyl (C=O) groups is 1. The zero-order valence-corrected chi connectivity index (χ0v) is 12.6. The van der Waals surface area contributed by atoms with Gasteiger partial charge in [0.1, 0.15) is 12.1 Å². The Morgan fingerprint density at radius 1 is 1.38 bits per heavy atom. The number of nitrogens with one attached hydrogen (secondary N) is 2. The van der Waals surface area contributed by atoms with Gasteiger partial charge in [-0.05, 0) is 25.5 Å². The van der Waals surface area contributed by atoms with E-state index in [0.717, 1.165) is 24.5 Å². The van der Waals surface area contributed by atoms with Crippen molar-refractivity contribution in [1.82, 2.24) is 25.1 Å². The molecule has 7 heteroatoms. The first-order valence-electron chi connectivity index (χ1n) is 6.93. The average Bonchev–Trinajstić information content (AvgIpc) is 2.87. The minimum Gasteiger partial charge on any atom is -0.370 e. The number of anilines is 1. The largest absolute Gasteiger partial charge is 0.370 e. The number of hydrogen-bond donors (Lipinski definition) is 2. The van der Waals surface area contributed by atoms with Crippen LogP contribution in [0.3, 0.4) is 0 Å². The zero-order chi connectivity index (χ0) is 15.2. The SMILES string of the molecule is CCCNc1cc(C(=O)NCc2nncn2C)cc(C)n1. The molecule has 0 unspecified atom stereocenters. The first-order chi connectivity index (χ1) is 10.1. The van der Waals surface area contributed by atoms with Gasteiger partial charge in [-0.2, -0.15) is 0 Å². The lowest BCUT2D eigenvalue weighted by atomic mass is 10.2. The molecule has 0 fully saturated rings. The molecule has 2 N–H and O–H groups in total. The molecule has 1 amide bonds. The number of rotatable bonds is 6. The van der Waals surface area contributed by atoms with Gasteiger partial charge in [0.2, 0.25) is 0 Å². The molecule has 0 aliphatic rings. The summed E-state index contributed by atoms with van der Waals surface area (Å²) in [4.78, 5) is 16.6. The first-order valence-corrected chi connectivity index (χ1v) is 6.93. The number of pyridine rings is 1. The van der Waals surface area contributed by atoms with Crippen LogP contribution in [0.5, 0.6) is 0 Å². The molecule has 0 bridgehead atoms. The molecule has 0 spiro atoms. The van der Waals surface area contributed by atoms with Crippen molar-refractivity contribution in [3.63, 3.8) is 0 Å². The Hall–Kier alpha value is -2.44. The number of nitrogens with zero attached hydrogens (tertiary/aromatic N) is 4. The van der Waals surface area contributed by atoms with Gasteiger partial charge >= 0.3 is 0 Å². The highest BCUT2D eigenvalue weighted by molar-refractivity contribution is 5.94. The maximum absolute atomic E-state index is 12.2. The highest BCUT2D eigenvalue weighted by atomic mass is 16.1. The van der Waals surface area contributed by atoms with Crippen molar-refractivity contribution < 1.29 is 4.79 Å². The molecule has 0 aromatic carbocycles. The Kier molecular flexibility index (Phi) is 4.86. The third-order valence-electron chi connectivity index (χ3n) is 2.98. The van der Waals surface area contributed by atoms with Gasteiger partial charge in [0.25, 0.3) is 5.91 Å². The van der Waals surface area contributed by atoms with E-state index in [1.54, 1.807) is 23.0 Å². The minimum absolute atomic E-state index is 0.150. The number of amides is 1. The van der Waals surface area contributed by atoms with E-state index >= 15 is 0 Å². The molecule has 0 aliphatic carbocycles. The van der Waals surface area contributed by atoms with E-state index in [2.05, 4.69) is 32.7 Å². The van der Waals surface area contributed by atoms with E-state index in [1.165, 1.54) is 0 Å². The second-order valence-corrected chi connectivity index (χ2v) is 4.85. The van der Waals surface area contributed by atoms with Crippen LogP contribution in [0.25, 0.3) is 0 Å². The maximum atomic E-state index is 12.2. The summed E-state index contributed by atoms with van der Waals surface area (Å²) in [7, 11) is 1.84. The lowest BCUT2D eigenvalue weighted by Crippen LogP contribution is -2.24. The number of hydrogen-bond acceptors (Lipinski definition) is 5. The first kappa shape index (κ1) is 15.0. The molecular formula is C14H20N6O. The molecular weight excluding hydrogens is 268 g/mol. The van der Waals surface area contributed by atoms with Gasteiger partial charge in [-0.1, -0.05) is 6.92 Å². The lowest BCUT2D eigenvalue weighted by molar-refractivity contribution is 0.0949. The predicted octanol–water partition coefficient (Wildman–Crippen LogP) is 1.27. The second-order valence-electron chi connectivity index (χ2n) is 4.85. The van der Waals surface area contributed by atoms with Crippen molar-refractivity contribution in [3.8, 4) is 0 Å². The molecule has 0 saturated carbocycles. The van der Waals surface area contributed by atoms with Crippen LogP contribution in [0.2, 0.25) is 0 Å². The quantitative estimate of drug-likeness (QED) is 0.836. The van der Waals surface area contributed by atoms with E-state index in [0.29, 0.717) is 17.9 Å². The van der Waals surface area contributed by atoms with E-state index in [-0.39, 0.29) is 5.91 Å². The average molecular weight is 288 g/mol. The highest BCUT2D eigenvalue weighted by Gasteiger charge is 2.10. The lowest BCUT2D eigenvalue weighted by Gasteiger charge is -2.09. The highest BCUT2D eigenvalue weighted by Crippen LogP contribution is 2.10. The van der Waals surface area contributed by atoms with E-state index in [9.17, 15) is 4.79 Å². The fourth-order valence-corrected chi connectivity index (χ4v) is 1.87. The van der Waals surface area contributed by atoms with E-state index in [4.69, 9.17) is 0 Å². The third-order valence-corrected chi connectivity index (χ3v) is 2.98. The van der Waals surface area contributed by atoms with Crippen LogP contribution in [-0.2, 0) is 13.6 Å². The van der Waals surface area contributed by atoms with Gasteiger partial charge in [0.05, 0.1) is 6.54 Å². The van der Waals surface area contributed by atoms with Gasteiger partial charge in [-0.15, -0.1) is 10.2 Å². The Balaban J connectivity index is 2.04. The molecule has 2 heterocycles. The molecule has 21 heavy (non-hydrogen) atoms. The summed E-state index contributed by atoms with van der Waals surface area (Å²) in [5.41, 5.74) is 1.39. The molecule has 0 aliphatic heterocycles. The predicted molar refractivity (Wildman–Crippen MR) is 79.9 cm³/mol. The van der Waals surface area contributed by atoms with Crippen LogP contribution in [0.15, 0.2) is 18.5 Å². The van der Waals surface area contributed by atoms with Gasteiger partial charge < -0.3 is 15.2 Å². The summed E-state index contributed by atoms with van der Waals surface area (Å²) in [6.45, 7) is 5.12. The van der Waals surface area contributed by atoms with Gasteiger partial charge in [0.15, 0.2) is 5.82 Å². The van der Waals surface area contributed by atoms with Gasteiger partial charge in [-0.25, -0.2) is 4.98 Å². The topological polar surface area (TPSA) is 84.7 Å². The van der Waals surface area contributed by atoms with Crippen molar-refractivity contribution in [3.05, 3.63) is 35.5 Å². The molecule has 2 aromatic heterocycles. The van der Waals surface area contributed by atoms with Crippen LogP contribution in [-0.4, -0.2) is 32.2 Å². The summed E-state index contributed by atoms with van der Waals surface area (Å²) in [5, 5.41) is 13.7. The summed E-state index contributed by atoms with van der Waals surface area (Å²) in [6.07, 6.45) is 2.61. The van der Waals surface area contributed by atoms with Crippen LogP contribution >= 0.6 is 0 Å². The van der Waals surface area contributed by atoms with Gasteiger partial charge in [-0.3, -0.25) is 4.79 Å². The van der Waals surface area contributed by atoms with Crippen molar-refractivity contribution in [2.75, 3.05) is 11.9 Å². The summed E-state index contributed by atoms with van der Waals surface area (Å²) < 4.78 is 1.77. The fraction of sp³-hybridized carbons (Fsp3) is 0.429. The number of aromatic nitrogens is 4. The number of carbonyl (C=O) groups excluding carboxylic acids is 1. The van der Waals surface area contributed by atoms with E-state index < -0.39 is 0 Å². The molecule has 2 aromatic rings. The van der Waals surface area contributed by atoms with Gasteiger partial charge in [0, 0.05) is 24.8 Å². The molecule has 2 rings (SSSR count). The Morgan fingerprint density at radius 3 is 2.86 bits per heavy atom. The Labute approximate surface area is 123 Å². The minimum atomic E-state index is -0.150. The van der Waals surface area contributed by atoms with Crippen LogP contribution in [0, 0.1) is 6.92 Å². The van der Waals surface area contributed by atoms with Crippen LogP contribution < -0.4 is 10.6 Å². The Morgan fingerprint density at radius 2 is 2.19 bits per heavy atom.